The third-order valence-corrected chi connectivity index (χ3v) is 24.5. The van der Waals surface area contributed by atoms with E-state index in [4.69, 9.17) is 56.8 Å². The van der Waals surface area contributed by atoms with Gasteiger partial charge in [0.15, 0.2) is 53.6 Å². The molecule has 116 heavy (non-hydrogen) atoms. The number of halogens is 4. The van der Waals surface area contributed by atoms with E-state index in [2.05, 4.69) is 63.7 Å². The van der Waals surface area contributed by atoms with Gasteiger partial charge < -0.3 is 97.7 Å². The van der Waals surface area contributed by atoms with E-state index >= 15 is 0 Å². The summed E-state index contributed by atoms with van der Waals surface area (Å²) < 4.78 is 70.2. The van der Waals surface area contributed by atoms with E-state index < -0.39 is 120 Å². The number of phenols is 8. The minimum absolute atomic E-state index is 0.00755. The van der Waals surface area contributed by atoms with Crippen LogP contribution in [0.5, 0.6) is 69.0 Å². The number of fused-ring (bicyclic) bond motifs is 8. The minimum atomic E-state index is -1.34. The Kier molecular flexibility index (Phi) is 29.3. The maximum absolute atomic E-state index is 13.2. The molecule has 616 valence electrons. The molecule has 4 saturated carbocycles. The van der Waals surface area contributed by atoms with Gasteiger partial charge in [-0.15, -0.1) is 0 Å². The van der Waals surface area contributed by atoms with Crippen LogP contribution in [0.1, 0.15) is 219 Å². The maximum atomic E-state index is 13.2. The van der Waals surface area contributed by atoms with Gasteiger partial charge in [-0.05, 0) is 210 Å². The van der Waals surface area contributed by atoms with Crippen molar-refractivity contribution in [2.45, 2.75) is 177 Å². The van der Waals surface area contributed by atoms with E-state index in [1.165, 1.54) is 24.3 Å². The van der Waals surface area contributed by atoms with Gasteiger partial charge in [0.2, 0.25) is 0 Å². The largest absolute Gasteiger partial charge is 0.507 e. The summed E-state index contributed by atoms with van der Waals surface area (Å²) in [6.07, 6.45) is 19.5. The molecule has 0 aromatic heterocycles. The third-order valence-electron chi connectivity index (χ3n) is 22.0. The lowest BCUT2D eigenvalue weighted by Gasteiger charge is -2.30. The summed E-state index contributed by atoms with van der Waals surface area (Å²) in [5.74, 6) is -11.6. The number of hydrogen-bond donors (Lipinski definition) is 8. The molecular weight excluding hydrogens is 1760 g/mol. The van der Waals surface area contributed by atoms with Crippen LogP contribution in [0.15, 0.2) is 139 Å². The number of ether oxygens (including phenoxy) is 12. The summed E-state index contributed by atoms with van der Waals surface area (Å²) >= 11 is 14.6. The zero-order valence-electron chi connectivity index (χ0n) is 63.6. The second kappa shape index (κ2) is 40.0. The molecule has 0 unspecified atom stereocenters. The Morgan fingerprint density at radius 1 is 0.259 bits per heavy atom. The third kappa shape index (κ3) is 21.3. The number of carbonyl (C=O) groups excluding carboxylic acids is 4. The van der Waals surface area contributed by atoms with Crippen LogP contribution in [0.25, 0.3) is 0 Å². The highest BCUT2D eigenvalue weighted by Crippen LogP contribution is 2.55. The molecule has 5 aliphatic carbocycles. The van der Waals surface area contributed by atoms with Crippen LogP contribution in [-0.4, -0.2) is 143 Å². The molecule has 0 aliphatic heterocycles. The molecule has 0 spiro atoms. The van der Waals surface area contributed by atoms with Crippen molar-refractivity contribution >= 4 is 87.6 Å². The number of esters is 4. The Morgan fingerprint density at radius 3 is 0.612 bits per heavy atom. The summed E-state index contributed by atoms with van der Waals surface area (Å²) in [6, 6.07) is 29.5. The first-order valence-corrected chi connectivity index (χ1v) is 42.3. The quantitative estimate of drug-likeness (QED) is 0.0128. The SMILES string of the molecule is O=C(COc1ccc(C2c3cc(c(O)cc3O)C(c3ccc(OCC(=O)OCOC4CCCCC4)c(Br)c3)c3cc(c(O)cc3O)C(c3ccc(OCC(=O)OCOC4CCCCC4)c(Br)c3)c3cc(c(O)cc3O)C(c3ccc(OCC(=O)OCOC4CCCCC4)c(Br)c3)c3cc2c(O)cc3O)cc1Br)OCOC1CCCCC1. The lowest BCUT2D eigenvalue weighted by atomic mass is 9.75. The summed E-state index contributed by atoms with van der Waals surface area (Å²) in [4.78, 5) is 52.7. The number of benzene rings is 8. The molecule has 0 atom stereocenters. The first-order chi connectivity index (χ1) is 56.1. The van der Waals surface area contributed by atoms with Crippen molar-refractivity contribution in [1.82, 2.24) is 0 Å². The van der Waals surface area contributed by atoms with Gasteiger partial charge in [0.1, 0.15) is 69.0 Å². The average Bonchev–Trinajstić information content (AvgIpc) is 0.738. The zero-order valence-corrected chi connectivity index (χ0v) is 69.9. The molecule has 0 radical (unpaired) electrons. The van der Waals surface area contributed by atoms with Gasteiger partial charge in [0.25, 0.3) is 0 Å². The molecule has 28 heteroatoms. The molecule has 0 saturated heterocycles. The first-order valence-electron chi connectivity index (χ1n) is 39.1. The summed E-state index contributed by atoms with van der Waals surface area (Å²) in [5, 5.41) is 102. The fourth-order valence-corrected chi connectivity index (χ4v) is 18.1. The fourth-order valence-electron chi connectivity index (χ4n) is 16.1. The lowest BCUT2D eigenvalue weighted by molar-refractivity contribution is -0.165. The predicted octanol–water partition coefficient (Wildman–Crippen LogP) is 18.3. The molecule has 24 nitrogen and oxygen atoms in total. The number of phenolic OH excluding ortho intramolecular Hbond substituents is 8. The van der Waals surface area contributed by atoms with Gasteiger partial charge in [0, 0.05) is 92.4 Å². The smallest absolute Gasteiger partial charge is 0.346 e. The van der Waals surface area contributed by atoms with E-state index in [0.717, 1.165) is 153 Å². The second-order valence-corrected chi connectivity index (χ2v) is 33.2. The number of carbonyl (C=O) groups is 4. The zero-order chi connectivity index (χ0) is 81.5. The van der Waals surface area contributed by atoms with Gasteiger partial charge in [0.05, 0.1) is 42.3 Å². The number of hydrogen-bond acceptors (Lipinski definition) is 24. The van der Waals surface area contributed by atoms with Crippen LogP contribution in [0.3, 0.4) is 0 Å². The molecule has 8 bridgehead atoms. The van der Waals surface area contributed by atoms with Gasteiger partial charge in [-0.3, -0.25) is 0 Å². The molecule has 4 fully saturated rings. The molecule has 0 heterocycles. The van der Waals surface area contributed by atoms with Crippen LogP contribution in [0.2, 0.25) is 0 Å². The van der Waals surface area contributed by atoms with Gasteiger partial charge in [-0.1, -0.05) is 101 Å². The van der Waals surface area contributed by atoms with Crippen LogP contribution in [0, 0.1) is 0 Å². The van der Waals surface area contributed by atoms with Crippen molar-refractivity contribution in [3.63, 3.8) is 0 Å². The van der Waals surface area contributed by atoms with Crippen molar-refractivity contribution in [3.05, 3.63) is 206 Å². The van der Waals surface area contributed by atoms with Crippen molar-refractivity contribution in [2.24, 2.45) is 0 Å². The van der Waals surface area contributed by atoms with Crippen molar-refractivity contribution < 1.29 is 117 Å². The highest BCUT2D eigenvalue weighted by atomic mass is 79.9. The maximum Gasteiger partial charge on any atom is 0.346 e. The van der Waals surface area contributed by atoms with Crippen molar-refractivity contribution in [3.8, 4) is 69.0 Å². The minimum Gasteiger partial charge on any atom is -0.507 e. The Balaban J connectivity index is 0.956. The van der Waals surface area contributed by atoms with E-state index in [0.29, 0.717) is 22.3 Å². The van der Waals surface area contributed by atoms with Gasteiger partial charge >= 0.3 is 23.9 Å². The van der Waals surface area contributed by atoms with Crippen LogP contribution in [-0.2, 0) is 57.1 Å². The Hall–Kier alpha value is -9.00. The fraction of sp³-hybridized carbons (Fsp3) is 0.409. The number of aromatic hydroxyl groups is 8. The average molecular weight is 1850 g/mol. The van der Waals surface area contributed by atoms with Crippen LogP contribution < -0.4 is 18.9 Å². The Bertz CT molecular complexity index is 4120. The van der Waals surface area contributed by atoms with Crippen LogP contribution in [0.4, 0.5) is 0 Å². The van der Waals surface area contributed by atoms with Crippen LogP contribution >= 0.6 is 63.7 Å². The summed E-state index contributed by atoms with van der Waals surface area (Å²) in [6.45, 7) is -3.10. The van der Waals surface area contributed by atoms with Crippen molar-refractivity contribution in [1.29, 1.82) is 0 Å². The monoisotopic (exact) mass is 1850 g/mol. The van der Waals surface area contributed by atoms with Gasteiger partial charge in [-0.2, -0.15) is 0 Å². The molecule has 8 aromatic carbocycles. The van der Waals surface area contributed by atoms with Crippen molar-refractivity contribution in [2.75, 3.05) is 53.6 Å². The molecule has 8 N–H and O–H groups in total. The van der Waals surface area contributed by atoms with E-state index in [1.54, 1.807) is 72.8 Å². The van der Waals surface area contributed by atoms with E-state index in [-0.39, 0.29) is 137 Å². The van der Waals surface area contributed by atoms with E-state index in [1.807, 2.05) is 0 Å². The second-order valence-electron chi connectivity index (χ2n) is 29.8. The highest BCUT2D eigenvalue weighted by molar-refractivity contribution is 9.11. The molecular formula is C88H92Br4O24. The van der Waals surface area contributed by atoms with E-state index in [9.17, 15) is 60.0 Å². The number of rotatable bonds is 28. The summed E-state index contributed by atoms with van der Waals surface area (Å²) in [7, 11) is 0. The first kappa shape index (κ1) is 84.9. The Labute approximate surface area is 704 Å². The lowest BCUT2D eigenvalue weighted by Crippen LogP contribution is -2.22. The summed E-state index contributed by atoms with van der Waals surface area (Å²) in [5.41, 5.74) is 1.34. The predicted molar refractivity (Wildman–Crippen MR) is 437 cm³/mol. The molecule has 8 aromatic rings. The molecule has 13 rings (SSSR count). The topological polar surface area (TPSA) is 341 Å². The Morgan fingerprint density at radius 2 is 0.440 bits per heavy atom. The standard InChI is InChI=1S/C88H92Br4O24/c89-65-29-49(21-25-77(65)105-41-81(101)113-45-109-53-13-5-1-6-14-53)85-57-33-59(71(95)37-69(57)93)86(50-22-26-78(66(90)30-50)106-42-82(102)114-46-110-54-15-7-2-8-16-54)61-35-63(75(99)39-73(61)97)88(52-24-28-80(68(92)32-52)108-44-84(104)116-48-112-56-19-11-4-12-20-56)64-36-62(74(98)40-76(64)100)87(60-34-58(85)70(94)38-72(60)96)51-23-27-79(67(91)31-51)107-43-83(103)115-47-111-55-17-9-3-10-18-55/h21-40,53-56,85-88,93-100H,1-20,41-48H2. The normalized spacial score (nSPS) is 18.2. The highest BCUT2D eigenvalue weighted by Gasteiger charge is 2.37. The molecule has 5 aliphatic rings. The van der Waals surface area contributed by atoms with Gasteiger partial charge in [-0.25, -0.2) is 19.2 Å². The molecule has 0 amide bonds.